The monoisotopic (exact) mass is 252 g/mol. The van der Waals surface area contributed by atoms with Crippen LogP contribution in [0, 0.1) is 0 Å². The predicted molar refractivity (Wildman–Crippen MR) is 68.2 cm³/mol. The van der Waals surface area contributed by atoms with Crippen LogP contribution in [0.1, 0.15) is 43.1 Å². The lowest BCUT2D eigenvalue weighted by Crippen LogP contribution is -2.34. The highest BCUT2D eigenvalue weighted by Gasteiger charge is 2.32. The number of carbonyl (C=O) groups is 1. The van der Waals surface area contributed by atoms with E-state index in [-0.39, 0.29) is 5.91 Å². The van der Waals surface area contributed by atoms with Gasteiger partial charge in [-0.25, -0.2) is 4.98 Å². The fraction of sp³-hybridized carbons (Fsp3) is 0.538. The van der Waals surface area contributed by atoms with Crippen molar-refractivity contribution in [2.24, 2.45) is 0 Å². The third kappa shape index (κ3) is 3.19. The lowest BCUT2D eigenvalue weighted by molar-refractivity contribution is 0.0735. The number of pyridine rings is 1. The molecule has 2 rings (SSSR count). The van der Waals surface area contributed by atoms with Crippen LogP contribution in [0.2, 0.25) is 5.15 Å². The van der Waals surface area contributed by atoms with Gasteiger partial charge in [0.1, 0.15) is 10.8 Å². The summed E-state index contributed by atoms with van der Waals surface area (Å²) >= 11 is 5.81. The van der Waals surface area contributed by atoms with Gasteiger partial charge >= 0.3 is 0 Å². The van der Waals surface area contributed by atoms with E-state index in [1.165, 1.54) is 0 Å². The number of hydrogen-bond donors (Lipinski definition) is 0. The van der Waals surface area contributed by atoms with E-state index in [9.17, 15) is 4.79 Å². The topological polar surface area (TPSA) is 33.2 Å². The van der Waals surface area contributed by atoms with Crippen molar-refractivity contribution >= 4 is 17.5 Å². The van der Waals surface area contributed by atoms with Crippen molar-refractivity contribution in [2.45, 2.75) is 38.6 Å². The van der Waals surface area contributed by atoms with E-state index in [0.29, 0.717) is 16.9 Å². The fourth-order valence-electron chi connectivity index (χ4n) is 1.84. The van der Waals surface area contributed by atoms with Gasteiger partial charge in [-0.3, -0.25) is 4.79 Å². The molecule has 0 atom stereocenters. The summed E-state index contributed by atoms with van der Waals surface area (Å²) in [5, 5.41) is 0.377. The van der Waals surface area contributed by atoms with Crippen molar-refractivity contribution < 1.29 is 4.79 Å². The predicted octanol–water partition coefficient (Wildman–Crippen LogP) is 3.14. The second-order valence-corrected chi connectivity index (χ2v) is 4.82. The number of hydrogen-bond acceptors (Lipinski definition) is 2. The van der Waals surface area contributed by atoms with Crippen LogP contribution in [0.5, 0.6) is 0 Å². The summed E-state index contributed by atoms with van der Waals surface area (Å²) in [6.07, 6.45) is 4.38. The number of aromatic nitrogens is 1. The van der Waals surface area contributed by atoms with Gasteiger partial charge in [0.2, 0.25) is 0 Å². The molecule has 0 saturated heterocycles. The molecule has 0 spiro atoms. The smallest absolute Gasteiger partial charge is 0.272 e. The Bertz CT molecular complexity index is 404. The van der Waals surface area contributed by atoms with E-state index in [2.05, 4.69) is 11.9 Å². The van der Waals surface area contributed by atoms with Crippen LogP contribution in [0.25, 0.3) is 0 Å². The molecule has 4 heteroatoms. The first kappa shape index (κ1) is 12.4. The average molecular weight is 253 g/mol. The molecule has 0 unspecified atom stereocenters. The molecule has 1 aliphatic rings. The van der Waals surface area contributed by atoms with Crippen LogP contribution < -0.4 is 0 Å². The summed E-state index contributed by atoms with van der Waals surface area (Å²) in [5.74, 6) is 0.0171. The van der Waals surface area contributed by atoms with Crippen molar-refractivity contribution in [1.29, 1.82) is 0 Å². The highest BCUT2D eigenvalue weighted by atomic mass is 35.5. The van der Waals surface area contributed by atoms with Crippen LogP contribution in [0.4, 0.5) is 0 Å². The quantitative estimate of drug-likeness (QED) is 0.755. The van der Waals surface area contributed by atoms with Crippen molar-refractivity contribution in [3.8, 4) is 0 Å². The van der Waals surface area contributed by atoms with Crippen molar-refractivity contribution in [1.82, 2.24) is 9.88 Å². The molecule has 1 fully saturated rings. The Kier molecular flexibility index (Phi) is 4.00. The largest absolute Gasteiger partial charge is 0.334 e. The minimum Gasteiger partial charge on any atom is -0.334 e. The molecule has 1 saturated carbocycles. The van der Waals surface area contributed by atoms with Gasteiger partial charge in [-0.05, 0) is 31.4 Å². The molecule has 0 bridgehead atoms. The lowest BCUT2D eigenvalue weighted by atomic mass is 10.2. The van der Waals surface area contributed by atoms with Gasteiger partial charge in [-0.1, -0.05) is 31.0 Å². The molecule has 3 nitrogen and oxygen atoms in total. The third-order valence-electron chi connectivity index (χ3n) is 2.94. The van der Waals surface area contributed by atoms with Crippen LogP contribution >= 0.6 is 11.6 Å². The van der Waals surface area contributed by atoms with Gasteiger partial charge in [-0.2, -0.15) is 0 Å². The minimum absolute atomic E-state index is 0.0171. The fourth-order valence-corrected chi connectivity index (χ4v) is 2.00. The molecule has 1 heterocycles. The maximum atomic E-state index is 12.3. The Morgan fingerprint density at radius 2 is 2.29 bits per heavy atom. The molecular formula is C13H17ClN2O. The molecule has 1 aromatic heterocycles. The SMILES string of the molecule is CCCCN(C(=O)c1cccc(Cl)n1)C1CC1. The Labute approximate surface area is 107 Å². The van der Waals surface area contributed by atoms with E-state index in [0.717, 1.165) is 32.2 Å². The zero-order valence-corrected chi connectivity index (χ0v) is 10.8. The Morgan fingerprint density at radius 3 is 2.88 bits per heavy atom. The van der Waals surface area contributed by atoms with Crippen LogP contribution in [-0.2, 0) is 0 Å². The molecule has 0 aliphatic heterocycles. The van der Waals surface area contributed by atoms with Crippen molar-refractivity contribution in [2.75, 3.05) is 6.54 Å². The van der Waals surface area contributed by atoms with Gasteiger partial charge in [0.15, 0.2) is 0 Å². The second kappa shape index (κ2) is 5.50. The number of rotatable bonds is 5. The minimum atomic E-state index is 0.0171. The maximum Gasteiger partial charge on any atom is 0.272 e. The van der Waals surface area contributed by atoms with Crippen LogP contribution in [0.15, 0.2) is 18.2 Å². The Balaban J connectivity index is 2.10. The van der Waals surface area contributed by atoms with E-state index in [4.69, 9.17) is 11.6 Å². The second-order valence-electron chi connectivity index (χ2n) is 4.43. The summed E-state index contributed by atoms with van der Waals surface area (Å²) in [6, 6.07) is 5.62. The number of halogens is 1. The van der Waals surface area contributed by atoms with Gasteiger partial charge in [0.05, 0.1) is 0 Å². The van der Waals surface area contributed by atoms with Gasteiger partial charge in [-0.15, -0.1) is 0 Å². The summed E-state index contributed by atoms with van der Waals surface area (Å²) in [6.45, 7) is 2.96. The van der Waals surface area contributed by atoms with Crippen LogP contribution in [0.3, 0.4) is 0 Å². The van der Waals surface area contributed by atoms with Gasteiger partial charge < -0.3 is 4.90 Å². The zero-order valence-electron chi connectivity index (χ0n) is 10.0. The van der Waals surface area contributed by atoms with Gasteiger partial charge in [0.25, 0.3) is 5.91 Å². The number of nitrogens with zero attached hydrogens (tertiary/aromatic N) is 2. The Morgan fingerprint density at radius 1 is 1.53 bits per heavy atom. The zero-order chi connectivity index (χ0) is 12.3. The standard InChI is InChI=1S/C13H17ClN2O/c1-2-3-9-16(10-7-8-10)13(17)11-5-4-6-12(14)15-11/h4-6,10H,2-3,7-9H2,1H3. The molecular weight excluding hydrogens is 236 g/mol. The Hall–Kier alpha value is -1.09. The first-order chi connectivity index (χ1) is 8.22. The molecule has 92 valence electrons. The molecule has 1 aliphatic carbocycles. The highest BCUT2D eigenvalue weighted by molar-refractivity contribution is 6.29. The molecule has 0 N–H and O–H groups in total. The number of amides is 1. The number of carbonyl (C=O) groups excluding carboxylic acids is 1. The molecule has 1 amide bonds. The molecule has 17 heavy (non-hydrogen) atoms. The summed E-state index contributed by atoms with van der Waals surface area (Å²) < 4.78 is 0. The normalized spacial score (nSPS) is 14.7. The van der Waals surface area contributed by atoms with Gasteiger partial charge in [0, 0.05) is 12.6 Å². The summed E-state index contributed by atoms with van der Waals surface area (Å²) in [4.78, 5) is 18.3. The highest BCUT2D eigenvalue weighted by Crippen LogP contribution is 2.28. The maximum absolute atomic E-state index is 12.3. The van der Waals surface area contributed by atoms with E-state index in [1.807, 2.05) is 4.90 Å². The molecule has 0 aromatic carbocycles. The van der Waals surface area contributed by atoms with Crippen molar-refractivity contribution in [3.05, 3.63) is 29.0 Å². The summed E-state index contributed by atoms with van der Waals surface area (Å²) in [5.41, 5.74) is 0.459. The van der Waals surface area contributed by atoms with E-state index < -0.39 is 0 Å². The average Bonchev–Trinajstić information content (AvgIpc) is 3.14. The number of unbranched alkanes of at least 4 members (excludes halogenated alkanes) is 1. The van der Waals surface area contributed by atoms with Crippen molar-refractivity contribution in [3.63, 3.8) is 0 Å². The van der Waals surface area contributed by atoms with E-state index in [1.54, 1.807) is 18.2 Å². The summed E-state index contributed by atoms with van der Waals surface area (Å²) in [7, 11) is 0. The lowest BCUT2D eigenvalue weighted by Gasteiger charge is -2.21. The first-order valence-electron chi connectivity index (χ1n) is 6.16. The van der Waals surface area contributed by atoms with E-state index >= 15 is 0 Å². The van der Waals surface area contributed by atoms with Crippen LogP contribution in [-0.4, -0.2) is 28.4 Å². The first-order valence-corrected chi connectivity index (χ1v) is 6.53. The third-order valence-corrected chi connectivity index (χ3v) is 3.15. The molecule has 1 aromatic rings. The molecule has 0 radical (unpaired) electrons.